The van der Waals surface area contributed by atoms with Crippen molar-refractivity contribution in [3.63, 3.8) is 0 Å². The highest BCUT2D eigenvalue weighted by atomic mass is 32.1. The first-order valence-corrected chi connectivity index (χ1v) is 8.03. The average Bonchev–Trinajstić information content (AvgIpc) is 3.04. The zero-order chi connectivity index (χ0) is 13.5. The quantitative estimate of drug-likeness (QED) is 0.920. The number of piperidine rings is 1. The topological polar surface area (TPSA) is 45.2 Å². The van der Waals surface area contributed by atoms with Gasteiger partial charge < -0.3 is 10.2 Å². The molecular formula is C15H17N3OS. The summed E-state index contributed by atoms with van der Waals surface area (Å²) in [5, 5.41) is 6.26. The molecule has 1 amide bonds. The second-order valence-electron chi connectivity index (χ2n) is 5.83. The zero-order valence-corrected chi connectivity index (χ0v) is 12.0. The third-order valence-electron chi connectivity index (χ3n) is 4.35. The highest BCUT2D eigenvalue weighted by Gasteiger charge is 2.33. The highest BCUT2D eigenvalue weighted by Crippen LogP contribution is 2.27. The van der Waals surface area contributed by atoms with Gasteiger partial charge in [0, 0.05) is 24.5 Å². The Morgan fingerprint density at radius 3 is 3.20 bits per heavy atom. The van der Waals surface area contributed by atoms with E-state index in [4.69, 9.17) is 0 Å². The summed E-state index contributed by atoms with van der Waals surface area (Å²) < 4.78 is 0. The molecule has 5 heteroatoms. The fourth-order valence-corrected chi connectivity index (χ4v) is 4.16. The van der Waals surface area contributed by atoms with Gasteiger partial charge in [-0.05, 0) is 48.9 Å². The Balaban J connectivity index is 1.49. The largest absolute Gasteiger partial charge is 0.347 e. The molecule has 2 aromatic heterocycles. The van der Waals surface area contributed by atoms with Gasteiger partial charge in [0.15, 0.2) is 0 Å². The molecule has 4 nitrogen and oxygen atoms in total. The van der Waals surface area contributed by atoms with Crippen molar-refractivity contribution in [2.24, 2.45) is 5.92 Å². The Labute approximate surface area is 121 Å². The molecule has 2 aromatic rings. The van der Waals surface area contributed by atoms with Crippen LogP contribution in [0, 0.1) is 5.92 Å². The number of carbonyl (C=O) groups is 1. The van der Waals surface area contributed by atoms with Crippen LogP contribution in [-0.4, -0.2) is 41.5 Å². The van der Waals surface area contributed by atoms with E-state index in [1.807, 2.05) is 23.6 Å². The van der Waals surface area contributed by atoms with Crippen molar-refractivity contribution in [2.75, 3.05) is 19.6 Å². The van der Waals surface area contributed by atoms with Gasteiger partial charge in [-0.1, -0.05) is 0 Å². The number of amides is 1. The molecule has 20 heavy (non-hydrogen) atoms. The van der Waals surface area contributed by atoms with Crippen LogP contribution in [-0.2, 0) is 0 Å². The summed E-state index contributed by atoms with van der Waals surface area (Å²) in [6.07, 6.45) is 2.40. The van der Waals surface area contributed by atoms with E-state index in [2.05, 4.69) is 15.2 Å². The summed E-state index contributed by atoms with van der Waals surface area (Å²) in [5.74, 6) is 0.731. The minimum Gasteiger partial charge on any atom is -0.347 e. The number of hydrogen-bond donors (Lipinski definition) is 1. The molecule has 4 rings (SSSR count). The lowest BCUT2D eigenvalue weighted by Gasteiger charge is -2.30. The zero-order valence-electron chi connectivity index (χ0n) is 11.2. The lowest BCUT2D eigenvalue weighted by atomic mass is 9.97. The third kappa shape index (κ3) is 2.21. The predicted molar refractivity (Wildman–Crippen MR) is 80.0 cm³/mol. The number of carbonyl (C=O) groups excluding carboxylic acids is 1. The molecule has 0 spiro atoms. The minimum atomic E-state index is -0.0344. The van der Waals surface area contributed by atoms with Crippen LogP contribution in [0.5, 0.6) is 0 Å². The molecule has 2 aliphatic heterocycles. The maximum atomic E-state index is 12.3. The number of rotatable bonds is 2. The predicted octanol–water partition coefficient (Wildman–Crippen LogP) is 2.12. The van der Waals surface area contributed by atoms with E-state index in [1.54, 1.807) is 11.3 Å². The van der Waals surface area contributed by atoms with E-state index in [0.29, 0.717) is 5.69 Å². The molecule has 104 valence electrons. The van der Waals surface area contributed by atoms with Crippen molar-refractivity contribution in [3.05, 3.63) is 29.3 Å². The number of aromatic nitrogens is 1. The van der Waals surface area contributed by atoms with Gasteiger partial charge in [0.2, 0.25) is 0 Å². The summed E-state index contributed by atoms with van der Waals surface area (Å²) in [6, 6.07) is 6.11. The molecule has 2 saturated heterocycles. The standard InChI is InChI=1S/C15H17N3OS/c19-14(13-2-1-11-4-6-20-15(11)17-13)16-12-7-10-3-5-18(8-10)9-12/h1-2,4,6,10,12H,3,5,7-9H2,(H,16,19)/t10-,12+/m0/s1. The van der Waals surface area contributed by atoms with E-state index in [9.17, 15) is 4.79 Å². The van der Waals surface area contributed by atoms with Gasteiger partial charge in [-0.3, -0.25) is 4.79 Å². The molecule has 3 atom stereocenters. The summed E-state index contributed by atoms with van der Waals surface area (Å²) >= 11 is 1.58. The average molecular weight is 287 g/mol. The van der Waals surface area contributed by atoms with Gasteiger partial charge in [-0.25, -0.2) is 4.98 Å². The smallest absolute Gasteiger partial charge is 0.270 e. The highest BCUT2D eigenvalue weighted by molar-refractivity contribution is 7.16. The third-order valence-corrected chi connectivity index (χ3v) is 5.17. The van der Waals surface area contributed by atoms with E-state index in [0.717, 1.165) is 29.1 Å². The number of pyridine rings is 1. The molecular weight excluding hydrogens is 270 g/mol. The lowest BCUT2D eigenvalue weighted by molar-refractivity contribution is 0.0905. The fraction of sp³-hybridized carbons (Fsp3) is 0.467. The second kappa shape index (κ2) is 4.82. The van der Waals surface area contributed by atoms with Crippen molar-refractivity contribution in [3.8, 4) is 0 Å². The molecule has 0 saturated carbocycles. The molecule has 4 heterocycles. The van der Waals surface area contributed by atoms with Crippen LogP contribution in [0.25, 0.3) is 10.2 Å². The molecule has 2 fully saturated rings. The second-order valence-corrected chi connectivity index (χ2v) is 6.73. The minimum absolute atomic E-state index is 0.0344. The van der Waals surface area contributed by atoms with Crippen molar-refractivity contribution in [2.45, 2.75) is 18.9 Å². The van der Waals surface area contributed by atoms with E-state index < -0.39 is 0 Å². The van der Waals surface area contributed by atoms with Crippen LogP contribution in [0.1, 0.15) is 23.3 Å². The van der Waals surface area contributed by atoms with Gasteiger partial charge in [-0.15, -0.1) is 11.3 Å². The lowest BCUT2D eigenvalue weighted by Crippen LogP contribution is -2.47. The van der Waals surface area contributed by atoms with Crippen molar-refractivity contribution < 1.29 is 4.79 Å². The van der Waals surface area contributed by atoms with Crippen LogP contribution < -0.4 is 5.32 Å². The number of nitrogens with one attached hydrogen (secondary N) is 1. The number of fused-ring (bicyclic) bond motifs is 3. The maximum Gasteiger partial charge on any atom is 0.270 e. The van der Waals surface area contributed by atoms with E-state index >= 15 is 0 Å². The van der Waals surface area contributed by atoms with Crippen molar-refractivity contribution >= 4 is 27.5 Å². The van der Waals surface area contributed by atoms with Crippen LogP contribution >= 0.6 is 11.3 Å². The number of hydrogen-bond acceptors (Lipinski definition) is 4. The monoisotopic (exact) mass is 287 g/mol. The molecule has 0 radical (unpaired) electrons. The van der Waals surface area contributed by atoms with Crippen LogP contribution in [0.3, 0.4) is 0 Å². The Hall–Kier alpha value is -1.46. The molecule has 2 bridgehead atoms. The van der Waals surface area contributed by atoms with Gasteiger partial charge in [0.1, 0.15) is 10.5 Å². The van der Waals surface area contributed by atoms with Crippen LogP contribution in [0.4, 0.5) is 0 Å². The van der Waals surface area contributed by atoms with Crippen LogP contribution in [0.15, 0.2) is 23.6 Å². The fourth-order valence-electron chi connectivity index (χ4n) is 3.39. The number of nitrogens with zero attached hydrogens (tertiary/aromatic N) is 2. The summed E-state index contributed by atoms with van der Waals surface area (Å²) in [6.45, 7) is 3.39. The molecule has 0 aromatic carbocycles. The van der Waals surface area contributed by atoms with Gasteiger partial charge >= 0.3 is 0 Å². The van der Waals surface area contributed by atoms with Crippen molar-refractivity contribution in [1.29, 1.82) is 0 Å². The first-order chi connectivity index (χ1) is 9.78. The van der Waals surface area contributed by atoms with Crippen LogP contribution in [0.2, 0.25) is 0 Å². The molecule has 1 N–H and O–H groups in total. The van der Waals surface area contributed by atoms with Gasteiger partial charge in [-0.2, -0.15) is 0 Å². The first-order valence-electron chi connectivity index (χ1n) is 7.15. The van der Waals surface area contributed by atoms with Gasteiger partial charge in [0.05, 0.1) is 0 Å². The summed E-state index contributed by atoms with van der Waals surface area (Å²) in [5.41, 5.74) is 0.535. The normalized spacial score (nSPS) is 28.7. The Morgan fingerprint density at radius 2 is 2.30 bits per heavy atom. The van der Waals surface area contributed by atoms with E-state index in [-0.39, 0.29) is 11.9 Å². The molecule has 0 aliphatic carbocycles. The maximum absolute atomic E-state index is 12.3. The van der Waals surface area contributed by atoms with Gasteiger partial charge in [0.25, 0.3) is 5.91 Å². The van der Waals surface area contributed by atoms with Crippen molar-refractivity contribution in [1.82, 2.24) is 15.2 Å². The molecule has 1 unspecified atom stereocenters. The first kappa shape index (κ1) is 12.3. The number of thiophene rings is 1. The van der Waals surface area contributed by atoms with E-state index in [1.165, 1.54) is 19.5 Å². The Kier molecular flexibility index (Phi) is 2.97. The SMILES string of the molecule is O=C(N[C@@H]1C[C@@H]2CCN(C2)C1)c1ccc2ccsc2n1. The Bertz CT molecular complexity index is 641. The molecule has 2 aliphatic rings. The summed E-state index contributed by atoms with van der Waals surface area (Å²) in [7, 11) is 0. The summed E-state index contributed by atoms with van der Waals surface area (Å²) in [4.78, 5) is 20.2. The Morgan fingerprint density at radius 1 is 1.35 bits per heavy atom.